The van der Waals surface area contributed by atoms with E-state index in [9.17, 15) is 9.90 Å². The van der Waals surface area contributed by atoms with Gasteiger partial charge in [-0.15, -0.1) is 0 Å². The van der Waals surface area contributed by atoms with Crippen molar-refractivity contribution in [3.05, 3.63) is 69.9 Å². The average Bonchev–Trinajstić information content (AvgIpc) is 2.63. The molecule has 3 N–H and O–H groups in total. The van der Waals surface area contributed by atoms with Gasteiger partial charge in [0.1, 0.15) is 5.75 Å². The summed E-state index contributed by atoms with van der Waals surface area (Å²) in [5, 5.41) is 23.3. The number of nitrogens with one attached hydrogen (secondary N) is 1. The molecular weight excluding hydrogens is 334 g/mol. The molecule has 0 aliphatic carbocycles. The molecule has 0 atom stereocenters. The number of benzene rings is 2. The summed E-state index contributed by atoms with van der Waals surface area (Å²) in [6, 6.07) is 11.4. The van der Waals surface area contributed by atoms with Crippen LogP contribution in [0.2, 0.25) is 0 Å². The van der Waals surface area contributed by atoms with Crippen LogP contribution in [0.3, 0.4) is 0 Å². The standard InChI is InChI=1S/C20H19NO5/c1-3-13-8-16-17(21-10-18(19(16)22)26-20(23)24)9-14(13)11-25-15-6-4-12(2)5-7-15/h4-11,21-22H,3H2,1-2H3,(H,23,24). The molecule has 0 amide bonds. The number of carbonyl (C=O) groups is 1. The number of anilines is 1. The summed E-state index contributed by atoms with van der Waals surface area (Å²) >= 11 is 0. The van der Waals surface area contributed by atoms with Crippen molar-refractivity contribution < 1.29 is 24.5 Å². The van der Waals surface area contributed by atoms with Crippen LogP contribution in [0.25, 0.3) is 12.0 Å². The van der Waals surface area contributed by atoms with Crippen molar-refractivity contribution in [3.63, 3.8) is 0 Å². The Hall–Kier alpha value is -3.41. The van der Waals surface area contributed by atoms with Crippen molar-refractivity contribution in [2.24, 2.45) is 0 Å². The van der Waals surface area contributed by atoms with E-state index in [1.807, 2.05) is 44.2 Å². The Morgan fingerprint density at radius 3 is 2.62 bits per heavy atom. The monoisotopic (exact) mass is 353 g/mol. The first kappa shape index (κ1) is 17.4. The highest BCUT2D eigenvalue weighted by Gasteiger charge is 2.17. The van der Waals surface area contributed by atoms with Gasteiger partial charge in [0.25, 0.3) is 0 Å². The molecule has 0 saturated heterocycles. The molecule has 0 radical (unpaired) electrons. The second-order valence-electron chi connectivity index (χ2n) is 5.87. The first-order chi connectivity index (χ1) is 12.5. The lowest BCUT2D eigenvalue weighted by Gasteiger charge is -2.15. The number of hydrogen-bond acceptors (Lipinski definition) is 5. The Morgan fingerprint density at radius 2 is 1.96 bits per heavy atom. The predicted molar refractivity (Wildman–Crippen MR) is 98.2 cm³/mol. The molecule has 6 nitrogen and oxygen atoms in total. The van der Waals surface area contributed by atoms with Crippen molar-refractivity contribution >= 4 is 23.9 Å². The summed E-state index contributed by atoms with van der Waals surface area (Å²) in [4.78, 5) is 10.7. The topological polar surface area (TPSA) is 88.0 Å². The lowest BCUT2D eigenvalue weighted by atomic mass is 10.0. The third kappa shape index (κ3) is 3.64. The van der Waals surface area contributed by atoms with Gasteiger partial charge in [-0.2, -0.15) is 0 Å². The van der Waals surface area contributed by atoms with E-state index in [1.165, 1.54) is 6.20 Å². The fraction of sp³-hybridized carbons (Fsp3) is 0.150. The second kappa shape index (κ2) is 7.23. The van der Waals surface area contributed by atoms with Crippen LogP contribution in [0.5, 0.6) is 5.75 Å². The predicted octanol–water partition coefficient (Wildman–Crippen LogP) is 3.00. The fourth-order valence-electron chi connectivity index (χ4n) is 2.66. The van der Waals surface area contributed by atoms with Crippen molar-refractivity contribution in [2.75, 3.05) is 5.32 Å². The molecule has 0 fully saturated rings. The van der Waals surface area contributed by atoms with Gasteiger partial charge in [0.15, 0.2) is 11.5 Å². The first-order valence-corrected chi connectivity index (χ1v) is 8.15. The van der Waals surface area contributed by atoms with E-state index < -0.39 is 6.16 Å². The lowest BCUT2D eigenvalue weighted by molar-refractivity contribution is 0.119. The van der Waals surface area contributed by atoms with Crippen LogP contribution in [0.15, 0.2) is 48.4 Å². The zero-order valence-corrected chi connectivity index (χ0v) is 14.4. The number of fused-ring (bicyclic) bond motifs is 1. The molecule has 1 heterocycles. The third-order valence-electron chi connectivity index (χ3n) is 4.05. The molecule has 26 heavy (non-hydrogen) atoms. The second-order valence-corrected chi connectivity index (χ2v) is 5.87. The van der Waals surface area contributed by atoms with Gasteiger partial charge in [-0.1, -0.05) is 24.6 Å². The Balaban J connectivity index is 2.00. The summed E-state index contributed by atoms with van der Waals surface area (Å²) in [7, 11) is 0. The van der Waals surface area contributed by atoms with Gasteiger partial charge >= 0.3 is 6.16 Å². The highest BCUT2D eigenvalue weighted by atomic mass is 16.7. The zero-order chi connectivity index (χ0) is 18.7. The molecule has 0 aromatic heterocycles. The van der Waals surface area contributed by atoms with Crippen LogP contribution < -0.4 is 20.5 Å². The third-order valence-corrected chi connectivity index (χ3v) is 4.05. The SMILES string of the molecule is CCc1cc2c(cc1=COc1ccc(C)cc1)NC=C(OC(=O)O)C=2O. The molecule has 0 bridgehead atoms. The summed E-state index contributed by atoms with van der Waals surface area (Å²) in [5.74, 6) is 0.372. The van der Waals surface area contributed by atoms with E-state index in [0.29, 0.717) is 17.3 Å². The summed E-state index contributed by atoms with van der Waals surface area (Å²) in [6.45, 7) is 4.00. The number of aryl methyl sites for hydroxylation is 2. The van der Waals surface area contributed by atoms with Gasteiger partial charge in [0.05, 0.1) is 11.9 Å². The Morgan fingerprint density at radius 1 is 1.23 bits per heavy atom. The Kier molecular flexibility index (Phi) is 4.84. The van der Waals surface area contributed by atoms with E-state index in [1.54, 1.807) is 12.3 Å². The Bertz CT molecular complexity index is 990. The van der Waals surface area contributed by atoms with Crippen LogP contribution in [0, 0.1) is 6.92 Å². The van der Waals surface area contributed by atoms with Crippen molar-refractivity contribution in [1.29, 1.82) is 0 Å². The highest BCUT2D eigenvalue weighted by molar-refractivity contribution is 5.71. The molecule has 1 aliphatic rings. The number of hydrogen-bond donors (Lipinski definition) is 3. The van der Waals surface area contributed by atoms with E-state index in [4.69, 9.17) is 9.84 Å². The lowest BCUT2D eigenvalue weighted by Crippen LogP contribution is -2.25. The van der Waals surface area contributed by atoms with Gasteiger partial charge in [-0.3, -0.25) is 0 Å². The molecule has 0 spiro atoms. The number of aliphatic hydroxyl groups excluding tert-OH is 1. The Labute approximate surface area is 150 Å². The van der Waals surface area contributed by atoms with Crippen molar-refractivity contribution in [3.8, 4) is 5.75 Å². The quantitative estimate of drug-likeness (QED) is 0.733. The molecule has 6 heteroatoms. The van der Waals surface area contributed by atoms with Gasteiger partial charge < -0.3 is 25.0 Å². The van der Waals surface area contributed by atoms with Crippen LogP contribution in [-0.4, -0.2) is 16.4 Å². The first-order valence-electron chi connectivity index (χ1n) is 8.15. The van der Waals surface area contributed by atoms with Gasteiger partial charge in [0, 0.05) is 16.6 Å². The van der Waals surface area contributed by atoms with Gasteiger partial charge in [0.2, 0.25) is 0 Å². The number of carboxylic acid groups (broad SMARTS) is 1. The smallest absolute Gasteiger partial charge is 0.504 e. The molecule has 1 aliphatic heterocycles. The van der Waals surface area contributed by atoms with Crippen LogP contribution >= 0.6 is 0 Å². The normalized spacial score (nSPS) is 13.5. The summed E-state index contributed by atoms with van der Waals surface area (Å²) in [6.07, 6.45) is 2.19. The minimum Gasteiger partial charge on any atom is -0.504 e. The molecule has 3 rings (SSSR count). The summed E-state index contributed by atoms with van der Waals surface area (Å²) < 4.78 is 10.3. The van der Waals surface area contributed by atoms with Crippen LogP contribution in [0.4, 0.5) is 10.5 Å². The van der Waals surface area contributed by atoms with Gasteiger partial charge in [-0.25, -0.2) is 4.79 Å². The van der Waals surface area contributed by atoms with E-state index in [2.05, 4.69) is 10.1 Å². The number of aliphatic hydroxyl groups is 1. The molecular formula is C20H19NO5. The van der Waals surface area contributed by atoms with E-state index >= 15 is 0 Å². The van der Waals surface area contributed by atoms with Crippen LogP contribution in [0.1, 0.15) is 18.1 Å². The molecule has 0 unspecified atom stereocenters. The molecule has 134 valence electrons. The van der Waals surface area contributed by atoms with Crippen molar-refractivity contribution in [2.45, 2.75) is 20.3 Å². The molecule has 2 aromatic rings. The maximum Gasteiger partial charge on any atom is 0.511 e. The van der Waals surface area contributed by atoms with E-state index in [0.717, 1.165) is 22.1 Å². The number of rotatable bonds is 4. The fourth-order valence-corrected chi connectivity index (χ4v) is 2.66. The zero-order valence-electron chi connectivity index (χ0n) is 14.4. The molecule has 2 aromatic carbocycles. The minimum absolute atomic E-state index is 0.139. The van der Waals surface area contributed by atoms with Crippen LogP contribution in [-0.2, 0) is 11.2 Å². The number of ether oxygens (including phenoxy) is 2. The van der Waals surface area contributed by atoms with E-state index in [-0.39, 0.29) is 11.5 Å². The highest BCUT2D eigenvalue weighted by Crippen LogP contribution is 2.16. The average molecular weight is 353 g/mol. The van der Waals surface area contributed by atoms with Gasteiger partial charge in [-0.05, 0) is 43.2 Å². The van der Waals surface area contributed by atoms with Crippen molar-refractivity contribution in [1.82, 2.24) is 0 Å². The maximum atomic E-state index is 10.7. The maximum absolute atomic E-state index is 10.7. The summed E-state index contributed by atoms with van der Waals surface area (Å²) in [5.41, 5.74) is 2.73. The largest absolute Gasteiger partial charge is 0.511 e. The molecule has 0 saturated carbocycles. The minimum atomic E-state index is -1.49.